The molecular weight excluding hydrogens is 232 g/mol. The molecule has 0 aromatic heterocycles. The first-order valence-corrected chi connectivity index (χ1v) is 7.16. The van der Waals surface area contributed by atoms with Crippen LogP contribution in [0, 0.1) is 0 Å². The Hall–Kier alpha value is -1.60. The third-order valence-electron chi connectivity index (χ3n) is 4.14. The van der Waals surface area contributed by atoms with Crippen LogP contribution >= 0.6 is 0 Å². The van der Waals surface area contributed by atoms with Crippen molar-refractivity contribution in [3.63, 3.8) is 0 Å². The molecule has 0 spiro atoms. The molecule has 2 aromatic rings. The summed E-state index contributed by atoms with van der Waals surface area (Å²) in [5.74, 6) is 0.317. The van der Waals surface area contributed by atoms with Crippen molar-refractivity contribution in [2.75, 3.05) is 6.61 Å². The first-order chi connectivity index (χ1) is 9.38. The molecule has 1 atom stereocenters. The molecule has 3 rings (SSSR count). The zero-order valence-electron chi connectivity index (χ0n) is 11.2. The molecule has 0 amide bonds. The Labute approximate surface area is 114 Å². The molecule has 1 unspecified atom stereocenters. The maximum Gasteiger partial charge on any atom is 0.0440 e. The molecule has 19 heavy (non-hydrogen) atoms. The molecule has 0 saturated carbocycles. The van der Waals surface area contributed by atoms with Gasteiger partial charge in [0.05, 0.1) is 0 Å². The fourth-order valence-electron chi connectivity index (χ4n) is 3.15. The van der Waals surface area contributed by atoms with E-state index in [-0.39, 0.29) is 6.61 Å². The van der Waals surface area contributed by atoms with Gasteiger partial charge in [-0.15, -0.1) is 0 Å². The second-order valence-electron chi connectivity index (χ2n) is 5.36. The van der Waals surface area contributed by atoms with Gasteiger partial charge in [0, 0.05) is 12.5 Å². The molecule has 0 heterocycles. The van der Waals surface area contributed by atoms with E-state index in [1.54, 1.807) is 0 Å². The number of aliphatic hydroxyl groups is 1. The third kappa shape index (κ3) is 2.57. The molecule has 0 aliphatic heterocycles. The van der Waals surface area contributed by atoms with Crippen LogP contribution in [-0.2, 0) is 12.8 Å². The Morgan fingerprint density at radius 1 is 0.895 bits per heavy atom. The fraction of sp³-hybridized carbons (Fsp3) is 0.333. The van der Waals surface area contributed by atoms with E-state index in [9.17, 15) is 5.11 Å². The van der Waals surface area contributed by atoms with Crippen molar-refractivity contribution in [2.24, 2.45) is 0 Å². The highest BCUT2D eigenvalue weighted by molar-refractivity contribution is 5.40. The lowest BCUT2D eigenvalue weighted by atomic mass is 9.87. The van der Waals surface area contributed by atoms with Crippen LogP contribution in [0.2, 0.25) is 0 Å². The van der Waals surface area contributed by atoms with Crippen molar-refractivity contribution >= 4 is 0 Å². The smallest absolute Gasteiger partial charge is 0.0440 e. The molecule has 0 fully saturated rings. The third-order valence-corrected chi connectivity index (χ3v) is 4.14. The Kier molecular flexibility index (Phi) is 3.65. The van der Waals surface area contributed by atoms with Gasteiger partial charge in [-0.3, -0.25) is 0 Å². The van der Waals surface area contributed by atoms with Gasteiger partial charge in [0.1, 0.15) is 0 Å². The van der Waals surface area contributed by atoms with E-state index in [1.165, 1.54) is 41.5 Å². The van der Waals surface area contributed by atoms with Crippen molar-refractivity contribution in [3.05, 3.63) is 70.8 Å². The van der Waals surface area contributed by atoms with Gasteiger partial charge in [-0.1, -0.05) is 48.5 Å². The molecular formula is C18H20O. The van der Waals surface area contributed by atoms with E-state index < -0.39 is 0 Å². The number of benzene rings is 2. The highest BCUT2D eigenvalue weighted by Gasteiger charge is 2.17. The van der Waals surface area contributed by atoms with Gasteiger partial charge in [-0.05, 0) is 47.9 Å². The molecule has 1 aliphatic rings. The quantitative estimate of drug-likeness (QED) is 0.880. The summed E-state index contributed by atoms with van der Waals surface area (Å²) in [6.45, 7) is 0.233. The van der Waals surface area contributed by atoms with Crippen LogP contribution in [0.3, 0.4) is 0 Å². The standard InChI is InChI=1S/C18H20O/c19-12-11-18(15-5-2-1-3-6-15)17-10-9-14-7-4-8-16(14)13-17/h1-3,5-6,9-10,13,18-19H,4,7-8,11-12H2. The van der Waals surface area contributed by atoms with Crippen molar-refractivity contribution < 1.29 is 5.11 Å². The molecule has 0 radical (unpaired) electrons. The van der Waals surface area contributed by atoms with Gasteiger partial charge in [0.25, 0.3) is 0 Å². The molecule has 0 saturated heterocycles. The van der Waals surface area contributed by atoms with Crippen LogP contribution in [0.15, 0.2) is 48.5 Å². The molecule has 1 nitrogen and oxygen atoms in total. The number of aliphatic hydroxyl groups excluding tert-OH is 1. The second-order valence-corrected chi connectivity index (χ2v) is 5.36. The summed E-state index contributed by atoms with van der Waals surface area (Å²) in [6, 6.07) is 17.4. The number of fused-ring (bicyclic) bond motifs is 1. The van der Waals surface area contributed by atoms with E-state index in [0.717, 1.165) is 6.42 Å². The lowest BCUT2D eigenvalue weighted by Crippen LogP contribution is -2.04. The molecule has 1 N–H and O–H groups in total. The summed E-state index contributed by atoms with van der Waals surface area (Å²) < 4.78 is 0. The minimum absolute atomic E-state index is 0.233. The lowest BCUT2D eigenvalue weighted by molar-refractivity contribution is 0.281. The summed E-state index contributed by atoms with van der Waals surface area (Å²) >= 11 is 0. The molecule has 2 aromatic carbocycles. The Bertz CT molecular complexity index is 545. The minimum Gasteiger partial charge on any atom is -0.396 e. The van der Waals surface area contributed by atoms with Gasteiger partial charge in [0.2, 0.25) is 0 Å². The fourth-order valence-corrected chi connectivity index (χ4v) is 3.15. The van der Waals surface area contributed by atoms with Crippen LogP contribution < -0.4 is 0 Å². The molecule has 0 bridgehead atoms. The first-order valence-electron chi connectivity index (χ1n) is 7.16. The Balaban J connectivity index is 1.96. The summed E-state index contributed by atoms with van der Waals surface area (Å²) in [5.41, 5.74) is 5.67. The predicted octanol–water partition coefficient (Wildman–Crippen LogP) is 3.69. The maximum atomic E-state index is 9.35. The van der Waals surface area contributed by atoms with Gasteiger partial charge < -0.3 is 5.11 Å². The number of rotatable bonds is 4. The van der Waals surface area contributed by atoms with E-state index in [2.05, 4.69) is 42.5 Å². The average molecular weight is 252 g/mol. The SMILES string of the molecule is OCCC(c1ccccc1)c1ccc2c(c1)CCC2. The van der Waals surface area contributed by atoms with Gasteiger partial charge in [0.15, 0.2) is 0 Å². The largest absolute Gasteiger partial charge is 0.396 e. The normalized spacial score (nSPS) is 15.2. The zero-order valence-corrected chi connectivity index (χ0v) is 11.2. The molecule has 1 heteroatoms. The van der Waals surface area contributed by atoms with E-state index in [4.69, 9.17) is 0 Å². The van der Waals surface area contributed by atoms with E-state index >= 15 is 0 Å². The van der Waals surface area contributed by atoms with Crippen LogP contribution in [0.1, 0.15) is 41.0 Å². The maximum absolute atomic E-state index is 9.35. The van der Waals surface area contributed by atoms with Crippen molar-refractivity contribution in [3.8, 4) is 0 Å². The summed E-state index contributed by atoms with van der Waals surface area (Å²) in [6.07, 6.45) is 4.52. The first kappa shape index (κ1) is 12.4. The zero-order chi connectivity index (χ0) is 13.1. The average Bonchev–Trinajstić information content (AvgIpc) is 2.93. The monoisotopic (exact) mass is 252 g/mol. The highest BCUT2D eigenvalue weighted by atomic mass is 16.3. The number of hydrogen-bond acceptors (Lipinski definition) is 1. The predicted molar refractivity (Wildman–Crippen MR) is 78.5 cm³/mol. The topological polar surface area (TPSA) is 20.2 Å². The van der Waals surface area contributed by atoms with Crippen LogP contribution in [0.4, 0.5) is 0 Å². The van der Waals surface area contributed by atoms with Crippen molar-refractivity contribution in [1.82, 2.24) is 0 Å². The van der Waals surface area contributed by atoms with Crippen LogP contribution in [0.5, 0.6) is 0 Å². The molecule has 1 aliphatic carbocycles. The minimum atomic E-state index is 0.233. The Morgan fingerprint density at radius 2 is 1.68 bits per heavy atom. The van der Waals surface area contributed by atoms with E-state index in [1.807, 2.05) is 6.07 Å². The van der Waals surface area contributed by atoms with Crippen LogP contribution in [0.25, 0.3) is 0 Å². The summed E-state index contributed by atoms with van der Waals surface area (Å²) in [7, 11) is 0. The number of hydrogen-bond donors (Lipinski definition) is 1. The van der Waals surface area contributed by atoms with Gasteiger partial charge >= 0.3 is 0 Å². The van der Waals surface area contributed by atoms with Gasteiger partial charge in [-0.25, -0.2) is 0 Å². The van der Waals surface area contributed by atoms with Crippen molar-refractivity contribution in [2.45, 2.75) is 31.6 Å². The van der Waals surface area contributed by atoms with Gasteiger partial charge in [-0.2, -0.15) is 0 Å². The highest BCUT2D eigenvalue weighted by Crippen LogP contribution is 2.31. The van der Waals surface area contributed by atoms with Crippen molar-refractivity contribution in [1.29, 1.82) is 0 Å². The second kappa shape index (κ2) is 5.58. The summed E-state index contributed by atoms with van der Waals surface area (Å²) in [4.78, 5) is 0. The van der Waals surface area contributed by atoms with E-state index in [0.29, 0.717) is 5.92 Å². The van der Waals surface area contributed by atoms with Crippen LogP contribution in [-0.4, -0.2) is 11.7 Å². The lowest BCUT2D eigenvalue weighted by Gasteiger charge is -2.18. The summed E-state index contributed by atoms with van der Waals surface area (Å²) in [5, 5.41) is 9.35. The Morgan fingerprint density at radius 3 is 2.47 bits per heavy atom. The number of aryl methyl sites for hydroxylation is 2. The molecule has 98 valence electrons.